The minimum atomic E-state index is 0.852. The average Bonchev–Trinajstić information content (AvgIpc) is 2.29. The van der Waals surface area contributed by atoms with E-state index in [9.17, 15) is 0 Å². The van der Waals surface area contributed by atoms with Gasteiger partial charge in [-0.3, -0.25) is 4.90 Å². The van der Waals surface area contributed by atoms with E-state index in [0.717, 1.165) is 12.0 Å². The van der Waals surface area contributed by atoms with Crippen molar-refractivity contribution in [3.05, 3.63) is 0 Å². The van der Waals surface area contributed by atoms with E-state index in [1.165, 1.54) is 57.7 Å². The SMILES string of the molecule is CSCC(C)CN1CCN2CCCCC2C1. The van der Waals surface area contributed by atoms with Crippen molar-refractivity contribution in [2.45, 2.75) is 32.2 Å². The molecule has 2 fully saturated rings. The second kappa shape index (κ2) is 6.27. The smallest absolute Gasteiger partial charge is 0.0223 e. The first-order valence-electron chi connectivity index (χ1n) is 6.75. The first-order chi connectivity index (χ1) is 7.79. The Morgan fingerprint density at radius 3 is 2.94 bits per heavy atom. The third kappa shape index (κ3) is 3.38. The molecule has 2 heterocycles. The van der Waals surface area contributed by atoms with Crippen molar-refractivity contribution in [1.82, 2.24) is 9.80 Å². The fourth-order valence-electron chi connectivity index (χ4n) is 3.16. The summed E-state index contributed by atoms with van der Waals surface area (Å²) in [6.45, 7) is 9.01. The lowest BCUT2D eigenvalue weighted by Crippen LogP contribution is -2.55. The first-order valence-corrected chi connectivity index (χ1v) is 8.14. The van der Waals surface area contributed by atoms with Crippen LogP contribution in [0.1, 0.15) is 26.2 Å². The van der Waals surface area contributed by atoms with E-state index in [2.05, 4.69) is 23.0 Å². The monoisotopic (exact) mass is 242 g/mol. The Kier molecular flexibility index (Phi) is 4.98. The van der Waals surface area contributed by atoms with Crippen molar-refractivity contribution in [2.24, 2.45) is 5.92 Å². The zero-order chi connectivity index (χ0) is 11.4. The van der Waals surface area contributed by atoms with Gasteiger partial charge in [-0.2, -0.15) is 11.8 Å². The number of rotatable bonds is 4. The summed E-state index contributed by atoms with van der Waals surface area (Å²) >= 11 is 1.98. The number of thioether (sulfide) groups is 1. The summed E-state index contributed by atoms with van der Waals surface area (Å²) in [5.74, 6) is 2.16. The second-order valence-electron chi connectivity index (χ2n) is 5.51. The van der Waals surface area contributed by atoms with Crippen molar-refractivity contribution < 1.29 is 0 Å². The average molecular weight is 242 g/mol. The van der Waals surface area contributed by atoms with Crippen LogP contribution in [0.4, 0.5) is 0 Å². The van der Waals surface area contributed by atoms with Crippen LogP contribution in [0.5, 0.6) is 0 Å². The fraction of sp³-hybridized carbons (Fsp3) is 1.00. The molecule has 2 nitrogen and oxygen atoms in total. The molecule has 2 unspecified atom stereocenters. The van der Waals surface area contributed by atoms with Crippen LogP contribution in [-0.4, -0.2) is 60.6 Å². The highest BCUT2D eigenvalue weighted by molar-refractivity contribution is 7.98. The molecule has 2 aliphatic heterocycles. The third-order valence-electron chi connectivity index (χ3n) is 3.94. The molecular formula is C13H26N2S. The summed E-state index contributed by atoms with van der Waals surface area (Å²) in [5.41, 5.74) is 0. The van der Waals surface area contributed by atoms with Gasteiger partial charge < -0.3 is 4.90 Å². The molecule has 0 radical (unpaired) electrons. The van der Waals surface area contributed by atoms with E-state index >= 15 is 0 Å². The van der Waals surface area contributed by atoms with Crippen LogP contribution in [0.15, 0.2) is 0 Å². The molecule has 0 aromatic carbocycles. The van der Waals surface area contributed by atoms with Crippen LogP contribution in [0.25, 0.3) is 0 Å². The van der Waals surface area contributed by atoms with Crippen LogP contribution >= 0.6 is 11.8 Å². The van der Waals surface area contributed by atoms with Crippen LogP contribution in [-0.2, 0) is 0 Å². The highest BCUT2D eigenvalue weighted by Gasteiger charge is 2.28. The van der Waals surface area contributed by atoms with Crippen LogP contribution in [0.3, 0.4) is 0 Å². The predicted molar refractivity (Wildman–Crippen MR) is 73.2 cm³/mol. The topological polar surface area (TPSA) is 6.48 Å². The van der Waals surface area contributed by atoms with Crippen LogP contribution < -0.4 is 0 Å². The molecule has 0 amide bonds. The Morgan fingerprint density at radius 2 is 2.12 bits per heavy atom. The van der Waals surface area contributed by atoms with Gasteiger partial charge in [-0.1, -0.05) is 13.3 Å². The number of hydrogen-bond donors (Lipinski definition) is 0. The van der Waals surface area contributed by atoms with Gasteiger partial charge in [0.25, 0.3) is 0 Å². The summed E-state index contributed by atoms with van der Waals surface area (Å²) in [6.07, 6.45) is 6.54. The maximum absolute atomic E-state index is 2.72. The predicted octanol–water partition coefficient (Wildman–Crippen LogP) is 2.16. The van der Waals surface area contributed by atoms with Gasteiger partial charge in [-0.25, -0.2) is 0 Å². The molecule has 0 aromatic heterocycles. The van der Waals surface area contributed by atoms with Gasteiger partial charge in [0.2, 0.25) is 0 Å². The number of piperazine rings is 1. The van der Waals surface area contributed by atoms with Crippen LogP contribution in [0, 0.1) is 5.92 Å². The van der Waals surface area contributed by atoms with E-state index in [1.807, 2.05) is 11.8 Å². The molecule has 16 heavy (non-hydrogen) atoms. The van der Waals surface area contributed by atoms with Crippen molar-refractivity contribution in [1.29, 1.82) is 0 Å². The lowest BCUT2D eigenvalue weighted by atomic mass is 9.99. The van der Waals surface area contributed by atoms with Gasteiger partial charge in [-0.15, -0.1) is 0 Å². The van der Waals surface area contributed by atoms with Gasteiger partial charge >= 0.3 is 0 Å². The third-order valence-corrected chi connectivity index (χ3v) is 4.84. The van der Waals surface area contributed by atoms with E-state index in [4.69, 9.17) is 0 Å². The molecular weight excluding hydrogens is 216 g/mol. The van der Waals surface area contributed by atoms with Crippen molar-refractivity contribution in [3.63, 3.8) is 0 Å². The molecule has 3 heteroatoms. The minimum absolute atomic E-state index is 0.852. The molecule has 0 saturated carbocycles. The maximum Gasteiger partial charge on any atom is 0.0223 e. The van der Waals surface area contributed by atoms with Gasteiger partial charge in [0.1, 0.15) is 0 Å². The Morgan fingerprint density at radius 1 is 1.25 bits per heavy atom. The Balaban J connectivity index is 1.76. The molecule has 94 valence electrons. The summed E-state index contributed by atoms with van der Waals surface area (Å²) < 4.78 is 0. The van der Waals surface area contributed by atoms with E-state index in [-0.39, 0.29) is 0 Å². The molecule has 0 aromatic rings. The van der Waals surface area contributed by atoms with Crippen LogP contribution in [0.2, 0.25) is 0 Å². The maximum atomic E-state index is 2.72. The number of piperidine rings is 1. The molecule has 2 saturated heterocycles. The minimum Gasteiger partial charge on any atom is -0.300 e. The quantitative estimate of drug-likeness (QED) is 0.746. The number of fused-ring (bicyclic) bond motifs is 1. The van der Waals surface area contributed by atoms with Crippen molar-refractivity contribution in [2.75, 3.05) is 44.7 Å². The lowest BCUT2D eigenvalue weighted by molar-refractivity contribution is 0.0444. The second-order valence-corrected chi connectivity index (χ2v) is 6.42. The highest BCUT2D eigenvalue weighted by atomic mass is 32.2. The zero-order valence-electron chi connectivity index (χ0n) is 10.8. The zero-order valence-corrected chi connectivity index (χ0v) is 11.6. The largest absolute Gasteiger partial charge is 0.300 e. The van der Waals surface area contributed by atoms with Crippen molar-refractivity contribution in [3.8, 4) is 0 Å². The standard InChI is InChI=1S/C13H26N2S/c1-12(11-16-2)9-14-7-8-15-6-4-3-5-13(15)10-14/h12-13H,3-11H2,1-2H3. The highest BCUT2D eigenvalue weighted by Crippen LogP contribution is 2.21. The number of hydrogen-bond acceptors (Lipinski definition) is 3. The van der Waals surface area contributed by atoms with E-state index in [0.29, 0.717) is 0 Å². The molecule has 2 rings (SSSR count). The lowest BCUT2D eigenvalue weighted by Gasteiger charge is -2.44. The summed E-state index contributed by atoms with van der Waals surface area (Å²) in [6, 6.07) is 0.879. The molecule has 0 spiro atoms. The Bertz CT molecular complexity index is 210. The Hall–Kier alpha value is 0.270. The number of nitrogens with zero attached hydrogens (tertiary/aromatic N) is 2. The van der Waals surface area contributed by atoms with Gasteiger partial charge in [0.05, 0.1) is 0 Å². The molecule has 2 aliphatic rings. The summed E-state index contributed by atoms with van der Waals surface area (Å²) in [4.78, 5) is 5.42. The molecule has 0 N–H and O–H groups in total. The summed E-state index contributed by atoms with van der Waals surface area (Å²) in [5, 5.41) is 0. The molecule has 0 bridgehead atoms. The van der Waals surface area contributed by atoms with E-state index < -0.39 is 0 Å². The fourth-order valence-corrected chi connectivity index (χ4v) is 3.84. The van der Waals surface area contributed by atoms with Gasteiger partial charge in [0, 0.05) is 32.2 Å². The Labute approximate surface area is 105 Å². The first kappa shape index (κ1) is 12.7. The summed E-state index contributed by atoms with van der Waals surface area (Å²) in [7, 11) is 0. The van der Waals surface area contributed by atoms with E-state index in [1.54, 1.807) is 0 Å². The molecule has 0 aliphatic carbocycles. The van der Waals surface area contributed by atoms with Gasteiger partial charge in [-0.05, 0) is 37.3 Å². The van der Waals surface area contributed by atoms with Gasteiger partial charge in [0.15, 0.2) is 0 Å². The van der Waals surface area contributed by atoms with Crippen molar-refractivity contribution >= 4 is 11.8 Å². The normalized spacial score (nSPS) is 30.0. The molecule has 2 atom stereocenters.